The Bertz CT molecular complexity index is 770. The van der Waals surface area contributed by atoms with E-state index >= 15 is 0 Å². The van der Waals surface area contributed by atoms with Crippen LogP contribution in [0.25, 0.3) is 6.08 Å². The molecule has 4 nitrogen and oxygen atoms in total. The van der Waals surface area contributed by atoms with E-state index in [9.17, 15) is 9.59 Å². The van der Waals surface area contributed by atoms with E-state index in [2.05, 4.69) is 5.32 Å². The zero-order valence-electron chi connectivity index (χ0n) is 10.5. The molecule has 1 aliphatic rings. The van der Waals surface area contributed by atoms with Crippen molar-refractivity contribution < 1.29 is 9.59 Å². The molecule has 2 aromatic rings. The molecule has 106 valence electrons. The van der Waals surface area contributed by atoms with Gasteiger partial charge in [-0.2, -0.15) is 0 Å². The number of benzene rings is 1. The lowest BCUT2D eigenvalue weighted by atomic mass is 10.3. The second kappa shape index (κ2) is 5.52. The lowest BCUT2D eigenvalue weighted by Gasteiger charge is -2.11. The van der Waals surface area contributed by atoms with Gasteiger partial charge < -0.3 is 5.32 Å². The predicted molar refractivity (Wildman–Crippen MR) is 84.8 cm³/mol. The maximum Gasteiger partial charge on any atom is 0.333 e. The molecule has 0 unspecified atom stereocenters. The van der Waals surface area contributed by atoms with Crippen molar-refractivity contribution in [1.29, 1.82) is 0 Å². The minimum absolute atomic E-state index is 0.207. The van der Waals surface area contributed by atoms with E-state index in [0.717, 1.165) is 9.78 Å². The highest BCUT2D eigenvalue weighted by molar-refractivity contribution is 7.17. The van der Waals surface area contributed by atoms with Crippen molar-refractivity contribution in [2.24, 2.45) is 0 Å². The number of hydrogen-bond donors (Lipinski definition) is 1. The van der Waals surface area contributed by atoms with Crippen LogP contribution in [0.15, 0.2) is 42.1 Å². The molecule has 0 atom stereocenters. The third kappa shape index (κ3) is 2.81. The summed E-state index contributed by atoms with van der Waals surface area (Å²) in [7, 11) is 0. The highest BCUT2D eigenvalue weighted by atomic mass is 35.5. The number of amides is 3. The van der Waals surface area contributed by atoms with Crippen molar-refractivity contribution in [3.63, 3.8) is 0 Å². The average molecular weight is 339 g/mol. The zero-order valence-corrected chi connectivity index (χ0v) is 12.8. The first-order valence-electron chi connectivity index (χ1n) is 5.92. The number of halogens is 2. The Kier molecular flexibility index (Phi) is 3.71. The highest BCUT2D eigenvalue weighted by Crippen LogP contribution is 2.27. The van der Waals surface area contributed by atoms with E-state index in [0.29, 0.717) is 15.0 Å². The zero-order chi connectivity index (χ0) is 15.0. The summed E-state index contributed by atoms with van der Waals surface area (Å²) in [4.78, 5) is 26.2. The Balaban J connectivity index is 1.94. The fourth-order valence-corrected chi connectivity index (χ4v) is 3.12. The van der Waals surface area contributed by atoms with Gasteiger partial charge in [0.15, 0.2) is 0 Å². The molecule has 1 N–H and O–H groups in total. The van der Waals surface area contributed by atoms with Crippen molar-refractivity contribution in [2.75, 3.05) is 4.90 Å². The number of anilines is 1. The van der Waals surface area contributed by atoms with Crippen LogP contribution in [0.3, 0.4) is 0 Å². The van der Waals surface area contributed by atoms with Crippen molar-refractivity contribution in [3.05, 3.63) is 56.3 Å². The van der Waals surface area contributed by atoms with Gasteiger partial charge in [0.05, 0.1) is 10.0 Å². The van der Waals surface area contributed by atoms with Gasteiger partial charge in [-0.3, -0.25) is 4.79 Å². The van der Waals surface area contributed by atoms with E-state index in [1.54, 1.807) is 42.5 Å². The number of hydrogen-bond acceptors (Lipinski definition) is 3. The maximum absolute atomic E-state index is 12.3. The second-order valence-corrected chi connectivity index (χ2v) is 6.43. The van der Waals surface area contributed by atoms with E-state index in [-0.39, 0.29) is 5.70 Å². The van der Waals surface area contributed by atoms with Crippen molar-refractivity contribution in [3.8, 4) is 0 Å². The summed E-state index contributed by atoms with van der Waals surface area (Å²) in [5.41, 5.74) is 0.635. The van der Waals surface area contributed by atoms with Crippen LogP contribution in [0.2, 0.25) is 9.36 Å². The Morgan fingerprint density at radius 1 is 1.14 bits per heavy atom. The standard InChI is InChI=1S/C14H8Cl2N2O2S/c15-8-2-1-3-9(6-8)18-13(19)11(17-14(18)20)7-10-4-5-12(16)21-10/h1-7H,(H,17,20)/b11-7+. The monoisotopic (exact) mass is 338 g/mol. The lowest BCUT2D eigenvalue weighted by molar-refractivity contribution is -0.113. The average Bonchev–Trinajstić information content (AvgIpc) is 2.94. The normalized spacial score (nSPS) is 16.7. The van der Waals surface area contributed by atoms with Gasteiger partial charge in [0.25, 0.3) is 5.91 Å². The topological polar surface area (TPSA) is 49.4 Å². The fourth-order valence-electron chi connectivity index (χ4n) is 1.93. The summed E-state index contributed by atoms with van der Waals surface area (Å²) in [6, 6.07) is 9.57. The molecule has 7 heteroatoms. The summed E-state index contributed by atoms with van der Waals surface area (Å²) in [5, 5.41) is 3.00. The summed E-state index contributed by atoms with van der Waals surface area (Å²) in [6.45, 7) is 0. The van der Waals surface area contributed by atoms with Crippen molar-refractivity contribution >= 4 is 58.2 Å². The molecule has 1 aliphatic heterocycles. The summed E-state index contributed by atoms with van der Waals surface area (Å²) < 4.78 is 0.616. The Hall–Kier alpha value is -1.82. The number of thiophene rings is 1. The maximum atomic E-state index is 12.3. The molecule has 3 rings (SSSR count). The van der Waals surface area contributed by atoms with Gasteiger partial charge in [0.2, 0.25) is 0 Å². The number of carbonyl (C=O) groups is 2. The number of urea groups is 1. The first kappa shape index (κ1) is 14.1. The number of nitrogens with one attached hydrogen (secondary N) is 1. The molecule has 1 saturated heterocycles. The van der Waals surface area contributed by atoms with Crippen LogP contribution in [0.5, 0.6) is 0 Å². The third-order valence-corrected chi connectivity index (χ3v) is 4.24. The Morgan fingerprint density at radius 2 is 1.95 bits per heavy atom. The van der Waals surface area contributed by atoms with Crippen molar-refractivity contribution in [1.82, 2.24) is 5.32 Å². The Labute approximate surface area is 134 Å². The van der Waals surface area contributed by atoms with Crippen LogP contribution in [0.4, 0.5) is 10.5 Å². The first-order valence-corrected chi connectivity index (χ1v) is 7.50. The Morgan fingerprint density at radius 3 is 2.62 bits per heavy atom. The molecule has 1 aromatic carbocycles. The first-order chi connectivity index (χ1) is 10.0. The van der Waals surface area contributed by atoms with Crippen LogP contribution in [0, 0.1) is 0 Å². The van der Waals surface area contributed by atoms with Crippen LogP contribution in [-0.2, 0) is 4.79 Å². The smallest absolute Gasteiger partial charge is 0.302 e. The van der Waals surface area contributed by atoms with Gasteiger partial charge in [-0.1, -0.05) is 29.3 Å². The molecule has 0 radical (unpaired) electrons. The van der Waals surface area contributed by atoms with Gasteiger partial charge in [0.1, 0.15) is 5.70 Å². The SMILES string of the molecule is O=C1N/C(=C/c2ccc(Cl)s2)C(=O)N1c1cccc(Cl)c1. The molecule has 0 spiro atoms. The molecular formula is C14H8Cl2N2O2S. The fraction of sp³-hybridized carbons (Fsp3) is 0. The van der Waals surface area contributed by atoms with Gasteiger partial charge in [-0.05, 0) is 36.4 Å². The number of rotatable bonds is 2. The van der Waals surface area contributed by atoms with Crippen LogP contribution < -0.4 is 10.2 Å². The third-order valence-electron chi connectivity index (χ3n) is 2.83. The van der Waals surface area contributed by atoms with E-state index < -0.39 is 11.9 Å². The lowest BCUT2D eigenvalue weighted by Crippen LogP contribution is -2.30. The van der Waals surface area contributed by atoms with E-state index in [4.69, 9.17) is 23.2 Å². The molecule has 1 fully saturated rings. The van der Waals surface area contributed by atoms with Gasteiger partial charge >= 0.3 is 6.03 Å². The number of nitrogens with zero attached hydrogens (tertiary/aromatic N) is 1. The van der Waals surface area contributed by atoms with Gasteiger partial charge in [-0.25, -0.2) is 9.69 Å². The minimum atomic E-state index is -0.504. The summed E-state index contributed by atoms with van der Waals surface area (Å²) >= 11 is 13.1. The highest BCUT2D eigenvalue weighted by Gasteiger charge is 2.34. The molecule has 21 heavy (non-hydrogen) atoms. The summed E-state index contributed by atoms with van der Waals surface area (Å²) in [6.07, 6.45) is 1.60. The number of imide groups is 1. The van der Waals surface area contributed by atoms with Crippen LogP contribution in [-0.4, -0.2) is 11.9 Å². The summed E-state index contributed by atoms with van der Waals surface area (Å²) in [5.74, 6) is -0.424. The van der Waals surface area contributed by atoms with Gasteiger partial charge in [0, 0.05) is 9.90 Å². The molecule has 3 amide bonds. The largest absolute Gasteiger partial charge is 0.333 e. The van der Waals surface area contributed by atoms with Gasteiger partial charge in [-0.15, -0.1) is 11.3 Å². The molecule has 0 bridgehead atoms. The molecule has 1 aromatic heterocycles. The molecule has 0 saturated carbocycles. The van der Waals surface area contributed by atoms with E-state index in [1.807, 2.05) is 0 Å². The molecular weight excluding hydrogens is 331 g/mol. The number of carbonyl (C=O) groups excluding carboxylic acids is 2. The predicted octanol–water partition coefficient (Wildman–Crippen LogP) is 4.15. The molecule has 2 heterocycles. The van der Waals surface area contributed by atoms with Crippen LogP contribution in [0.1, 0.15) is 4.88 Å². The second-order valence-electron chi connectivity index (χ2n) is 4.25. The van der Waals surface area contributed by atoms with Crippen LogP contribution >= 0.6 is 34.5 Å². The van der Waals surface area contributed by atoms with E-state index in [1.165, 1.54) is 11.3 Å². The molecule has 0 aliphatic carbocycles. The minimum Gasteiger partial charge on any atom is -0.302 e. The quantitative estimate of drug-likeness (QED) is 0.660. The van der Waals surface area contributed by atoms with Crippen molar-refractivity contribution in [2.45, 2.75) is 0 Å².